The van der Waals surface area contributed by atoms with Crippen molar-refractivity contribution in [2.75, 3.05) is 12.4 Å². The third-order valence-corrected chi connectivity index (χ3v) is 3.95. The first kappa shape index (κ1) is 14.8. The predicted octanol–water partition coefficient (Wildman–Crippen LogP) is 3.09. The molecule has 2 aromatic rings. The summed E-state index contributed by atoms with van der Waals surface area (Å²) in [7, 11) is 1.65. The van der Waals surface area contributed by atoms with Gasteiger partial charge < -0.3 is 10.6 Å². The normalized spacial score (nSPS) is 10.3. The molecule has 20 heavy (non-hydrogen) atoms. The lowest BCUT2D eigenvalue weighted by Crippen LogP contribution is -2.17. The molecule has 6 heteroatoms. The Morgan fingerprint density at radius 2 is 2.30 bits per heavy atom. The average Bonchev–Trinajstić information content (AvgIpc) is 2.88. The Hall–Kier alpha value is -1.59. The molecule has 1 heterocycles. The monoisotopic (exact) mass is 309 g/mol. The van der Waals surface area contributed by atoms with E-state index in [9.17, 15) is 4.79 Å². The summed E-state index contributed by atoms with van der Waals surface area (Å²) in [5.41, 5.74) is 2.17. The highest BCUT2D eigenvalue weighted by molar-refractivity contribution is 7.15. The number of carbonyl (C=O) groups excluding carboxylic acids is 1. The maximum Gasteiger partial charge on any atom is 0.220 e. The van der Waals surface area contributed by atoms with Crippen molar-refractivity contribution in [3.63, 3.8) is 0 Å². The fourth-order valence-electron chi connectivity index (χ4n) is 1.77. The molecule has 0 spiro atoms. The highest BCUT2D eigenvalue weighted by Gasteiger charge is 2.02. The van der Waals surface area contributed by atoms with Crippen LogP contribution in [-0.4, -0.2) is 17.9 Å². The topological polar surface area (TPSA) is 54.0 Å². The molecule has 0 aliphatic heterocycles. The Morgan fingerprint density at radius 1 is 1.45 bits per heavy atom. The Balaban J connectivity index is 1.90. The van der Waals surface area contributed by atoms with Gasteiger partial charge in [0.15, 0.2) is 4.47 Å². The van der Waals surface area contributed by atoms with Gasteiger partial charge in [-0.2, -0.15) is 0 Å². The molecule has 0 fully saturated rings. The van der Waals surface area contributed by atoms with Gasteiger partial charge in [0.25, 0.3) is 0 Å². The van der Waals surface area contributed by atoms with Gasteiger partial charge in [0.05, 0.1) is 6.54 Å². The molecule has 0 aliphatic carbocycles. The first-order valence-electron chi connectivity index (χ1n) is 6.31. The number of aryl methyl sites for hydroxylation is 1. The van der Waals surface area contributed by atoms with Crippen LogP contribution in [0.25, 0.3) is 0 Å². The van der Waals surface area contributed by atoms with Crippen molar-refractivity contribution in [1.82, 2.24) is 10.3 Å². The molecule has 0 saturated heterocycles. The van der Waals surface area contributed by atoms with E-state index in [0.29, 0.717) is 17.4 Å². The molecule has 0 saturated carbocycles. The lowest BCUT2D eigenvalue weighted by atomic mass is 10.1. The van der Waals surface area contributed by atoms with Crippen molar-refractivity contribution in [3.05, 3.63) is 45.4 Å². The van der Waals surface area contributed by atoms with Crippen molar-refractivity contribution in [3.8, 4) is 0 Å². The molecule has 2 N–H and O–H groups in total. The highest BCUT2D eigenvalue weighted by atomic mass is 35.5. The van der Waals surface area contributed by atoms with Crippen LogP contribution in [0.5, 0.6) is 0 Å². The van der Waals surface area contributed by atoms with Gasteiger partial charge in [0.2, 0.25) is 5.91 Å². The van der Waals surface area contributed by atoms with Crippen LogP contribution in [0.15, 0.2) is 30.5 Å². The molecule has 4 nitrogen and oxygen atoms in total. The van der Waals surface area contributed by atoms with Crippen molar-refractivity contribution in [1.29, 1.82) is 0 Å². The van der Waals surface area contributed by atoms with Gasteiger partial charge in [-0.15, -0.1) is 11.3 Å². The van der Waals surface area contributed by atoms with Crippen LogP contribution in [0.2, 0.25) is 4.47 Å². The molecule has 0 bridgehead atoms. The first-order chi connectivity index (χ1) is 9.67. The van der Waals surface area contributed by atoms with E-state index in [1.54, 1.807) is 13.2 Å². The Morgan fingerprint density at radius 3 is 3.00 bits per heavy atom. The number of nitrogens with one attached hydrogen (secondary N) is 2. The largest absolute Gasteiger partial charge is 0.380 e. The summed E-state index contributed by atoms with van der Waals surface area (Å²) in [6.07, 6.45) is 3.02. The van der Waals surface area contributed by atoms with Crippen molar-refractivity contribution < 1.29 is 4.79 Å². The van der Waals surface area contributed by atoms with Crippen LogP contribution in [-0.2, 0) is 17.8 Å². The third-order valence-electron chi connectivity index (χ3n) is 2.84. The van der Waals surface area contributed by atoms with Crippen LogP contribution < -0.4 is 10.6 Å². The van der Waals surface area contributed by atoms with Gasteiger partial charge in [0.1, 0.15) is 0 Å². The van der Waals surface area contributed by atoms with Gasteiger partial charge in [-0.25, -0.2) is 4.98 Å². The second-order valence-electron chi connectivity index (χ2n) is 4.31. The van der Waals surface area contributed by atoms with E-state index in [-0.39, 0.29) is 5.91 Å². The van der Waals surface area contributed by atoms with E-state index < -0.39 is 0 Å². The van der Waals surface area contributed by atoms with Gasteiger partial charge >= 0.3 is 0 Å². The minimum absolute atomic E-state index is 0.0580. The van der Waals surface area contributed by atoms with Crippen LogP contribution in [0, 0.1) is 0 Å². The average molecular weight is 310 g/mol. The highest BCUT2D eigenvalue weighted by Crippen LogP contribution is 2.19. The number of aromatic nitrogens is 1. The zero-order chi connectivity index (χ0) is 14.4. The number of benzene rings is 1. The number of halogens is 1. The van der Waals surface area contributed by atoms with Crippen LogP contribution >= 0.6 is 22.9 Å². The number of hydrogen-bond donors (Lipinski definition) is 2. The number of rotatable bonds is 6. The van der Waals surface area contributed by atoms with Gasteiger partial charge in [-0.1, -0.05) is 23.7 Å². The zero-order valence-electron chi connectivity index (χ0n) is 11.1. The first-order valence-corrected chi connectivity index (χ1v) is 7.50. The quantitative estimate of drug-likeness (QED) is 0.862. The summed E-state index contributed by atoms with van der Waals surface area (Å²) in [6, 6.07) is 8.08. The maximum absolute atomic E-state index is 11.2. The van der Waals surface area contributed by atoms with E-state index in [0.717, 1.165) is 22.5 Å². The van der Waals surface area contributed by atoms with Crippen molar-refractivity contribution >= 4 is 34.5 Å². The zero-order valence-corrected chi connectivity index (χ0v) is 12.7. The minimum Gasteiger partial charge on any atom is -0.380 e. The molecule has 0 atom stereocenters. The smallest absolute Gasteiger partial charge is 0.220 e. The van der Waals surface area contributed by atoms with Crippen LogP contribution in [0.1, 0.15) is 16.9 Å². The van der Waals surface area contributed by atoms with E-state index in [2.05, 4.69) is 21.7 Å². The number of anilines is 1. The van der Waals surface area contributed by atoms with Crippen molar-refractivity contribution in [2.45, 2.75) is 19.4 Å². The van der Waals surface area contributed by atoms with E-state index >= 15 is 0 Å². The molecule has 1 amide bonds. The van der Waals surface area contributed by atoms with Crippen LogP contribution in [0.3, 0.4) is 0 Å². The predicted molar refractivity (Wildman–Crippen MR) is 83.3 cm³/mol. The molecule has 0 aliphatic rings. The van der Waals surface area contributed by atoms with E-state index in [1.807, 2.05) is 18.2 Å². The summed E-state index contributed by atoms with van der Waals surface area (Å²) in [5.74, 6) is 0.0580. The second kappa shape index (κ2) is 7.26. The Labute approximate surface area is 127 Å². The summed E-state index contributed by atoms with van der Waals surface area (Å²) in [5, 5.41) is 5.95. The maximum atomic E-state index is 11.2. The third kappa shape index (κ3) is 4.51. The molecule has 1 aromatic carbocycles. The molecular formula is C14H16ClN3OS. The van der Waals surface area contributed by atoms with E-state index in [4.69, 9.17) is 11.6 Å². The molecule has 1 aromatic heterocycles. The van der Waals surface area contributed by atoms with Gasteiger partial charge in [0, 0.05) is 30.2 Å². The molecule has 0 radical (unpaired) electrons. The number of nitrogens with zero attached hydrogens (tertiary/aromatic N) is 1. The standard InChI is InChI=1S/C14H16ClN3OS/c1-16-13(19)6-5-10-3-2-4-11(7-10)17-8-12-9-18-14(15)20-12/h2-4,7,9,17H,5-6,8H2,1H3,(H,16,19). The van der Waals surface area contributed by atoms with Gasteiger partial charge in [-0.05, 0) is 24.1 Å². The fourth-order valence-corrected chi connectivity index (χ4v) is 2.69. The number of hydrogen-bond acceptors (Lipinski definition) is 4. The Bertz CT molecular complexity index is 585. The summed E-state index contributed by atoms with van der Waals surface area (Å²) >= 11 is 7.26. The lowest BCUT2D eigenvalue weighted by Gasteiger charge is -2.07. The molecular weight excluding hydrogens is 294 g/mol. The molecule has 106 valence electrons. The summed E-state index contributed by atoms with van der Waals surface area (Å²) in [4.78, 5) is 16.3. The molecule has 0 unspecified atom stereocenters. The van der Waals surface area contributed by atoms with E-state index in [1.165, 1.54) is 11.3 Å². The number of carbonyl (C=O) groups is 1. The Kier molecular flexibility index (Phi) is 5.38. The number of thiazole rings is 1. The summed E-state index contributed by atoms with van der Waals surface area (Å²) in [6.45, 7) is 0.698. The lowest BCUT2D eigenvalue weighted by molar-refractivity contribution is -0.120. The number of amides is 1. The minimum atomic E-state index is 0.0580. The SMILES string of the molecule is CNC(=O)CCc1cccc(NCc2cnc(Cl)s2)c1. The molecule has 2 rings (SSSR count). The van der Waals surface area contributed by atoms with Crippen molar-refractivity contribution in [2.24, 2.45) is 0 Å². The fraction of sp³-hybridized carbons (Fsp3) is 0.286. The van der Waals surface area contributed by atoms with Crippen LogP contribution in [0.4, 0.5) is 5.69 Å². The second-order valence-corrected chi connectivity index (χ2v) is 6.00. The van der Waals surface area contributed by atoms with Gasteiger partial charge in [-0.3, -0.25) is 4.79 Å². The summed E-state index contributed by atoms with van der Waals surface area (Å²) < 4.78 is 0.557.